The lowest BCUT2D eigenvalue weighted by molar-refractivity contribution is -0.136. The molecule has 2 aromatic carbocycles. The number of ether oxygens (including phenoxy) is 2. The Balaban J connectivity index is 1.90. The monoisotopic (exact) mass is 482 g/mol. The van der Waals surface area contributed by atoms with Crippen LogP contribution in [0.1, 0.15) is 31.0 Å². The van der Waals surface area contributed by atoms with Crippen LogP contribution in [-0.4, -0.2) is 23.6 Å². The number of hydrogen-bond donors (Lipinski definition) is 0. The van der Waals surface area contributed by atoms with Crippen molar-refractivity contribution in [3.63, 3.8) is 0 Å². The minimum absolute atomic E-state index is 0.267. The maximum Gasteiger partial charge on any atom is 0.338 e. The van der Waals surface area contributed by atoms with E-state index in [-0.39, 0.29) is 11.1 Å². The molecule has 168 valence electrons. The molecular weight excluding hydrogens is 464 g/mol. The second-order valence-electron chi connectivity index (χ2n) is 7.29. The van der Waals surface area contributed by atoms with Gasteiger partial charge in [-0.3, -0.25) is 14.2 Å². The SMILES string of the molecule is COC(=O)C1=C(C)N=c2sc(=Cc3ccc(Cl)cc3)c(=O)n2C1c1ccc(OC(C)=O)cc1. The molecule has 0 bridgehead atoms. The molecule has 0 aliphatic carbocycles. The fraction of sp³-hybridized carbons (Fsp3) is 0.167. The largest absolute Gasteiger partial charge is 0.466 e. The summed E-state index contributed by atoms with van der Waals surface area (Å²) in [5, 5.41) is 0.601. The van der Waals surface area contributed by atoms with Crippen LogP contribution >= 0.6 is 22.9 Å². The highest BCUT2D eigenvalue weighted by atomic mass is 35.5. The van der Waals surface area contributed by atoms with Gasteiger partial charge >= 0.3 is 11.9 Å². The maximum atomic E-state index is 13.5. The summed E-state index contributed by atoms with van der Waals surface area (Å²) in [7, 11) is 1.29. The molecule has 7 nitrogen and oxygen atoms in total. The Morgan fingerprint density at radius 1 is 1.12 bits per heavy atom. The third-order valence-corrected chi connectivity index (χ3v) is 6.29. The number of carbonyl (C=O) groups excluding carboxylic acids is 2. The van der Waals surface area contributed by atoms with Crippen LogP contribution in [0.3, 0.4) is 0 Å². The standard InChI is InChI=1S/C24H19ClN2O5S/c1-13-20(23(30)31-3)21(16-6-10-18(11-7-16)32-14(2)28)27-22(29)19(33-24(27)26-13)12-15-4-8-17(25)9-5-15/h4-12,21H,1-3H3. The molecule has 1 aromatic heterocycles. The number of benzene rings is 2. The highest BCUT2D eigenvalue weighted by Gasteiger charge is 2.33. The summed E-state index contributed by atoms with van der Waals surface area (Å²) in [4.78, 5) is 42.4. The van der Waals surface area contributed by atoms with Gasteiger partial charge in [0.25, 0.3) is 5.56 Å². The van der Waals surface area contributed by atoms with Gasteiger partial charge in [0, 0.05) is 11.9 Å². The lowest BCUT2D eigenvalue weighted by Gasteiger charge is -2.24. The molecule has 0 saturated carbocycles. The number of carbonyl (C=O) groups is 2. The van der Waals surface area contributed by atoms with Gasteiger partial charge in [-0.25, -0.2) is 9.79 Å². The number of esters is 2. The van der Waals surface area contributed by atoms with Crippen LogP contribution in [0.25, 0.3) is 6.08 Å². The van der Waals surface area contributed by atoms with Crippen LogP contribution in [0.15, 0.2) is 69.6 Å². The number of fused-ring (bicyclic) bond motifs is 1. The molecule has 1 atom stereocenters. The van der Waals surface area contributed by atoms with Crippen LogP contribution < -0.4 is 19.6 Å². The molecule has 0 radical (unpaired) electrons. The van der Waals surface area contributed by atoms with Crippen LogP contribution in [-0.2, 0) is 14.3 Å². The molecule has 0 N–H and O–H groups in total. The number of hydrogen-bond acceptors (Lipinski definition) is 7. The molecule has 9 heteroatoms. The first kappa shape index (κ1) is 22.7. The first-order chi connectivity index (χ1) is 15.8. The molecule has 1 aliphatic rings. The van der Waals surface area contributed by atoms with Crippen molar-refractivity contribution in [2.45, 2.75) is 19.9 Å². The summed E-state index contributed by atoms with van der Waals surface area (Å²) in [5.74, 6) is -0.650. The van der Waals surface area contributed by atoms with Gasteiger partial charge in [0.2, 0.25) is 0 Å². The Labute approximate surface area is 197 Å². The zero-order valence-corrected chi connectivity index (χ0v) is 19.6. The number of methoxy groups -OCH3 is 1. The minimum atomic E-state index is -0.743. The predicted octanol–water partition coefficient (Wildman–Crippen LogP) is 2.99. The molecule has 0 amide bonds. The predicted molar refractivity (Wildman–Crippen MR) is 125 cm³/mol. The summed E-state index contributed by atoms with van der Waals surface area (Å²) in [6.45, 7) is 3.02. The zero-order valence-electron chi connectivity index (χ0n) is 18.0. The van der Waals surface area contributed by atoms with Gasteiger partial charge in [-0.1, -0.05) is 47.2 Å². The highest BCUT2D eigenvalue weighted by Crippen LogP contribution is 2.31. The van der Waals surface area contributed by atoms with Crippen molar-refractivity contribution in [1.29, 1.82) is 0 Å². The third kappa shape index (κ3) is 4.53. The first-order valence-electron chi connectivity index (χ1n) is 9.93. The van der Waals surface area contributed by atoms with E-state index in [4.69, 9.17) is 21.1 Å². The van der Waals surface area contributed by atoms with Crippen LogP contribution in [0.4, 0.5) is 0 Å². The Morgan fingerprint density at radius 2 is 1.79 bits per heavy atom. The maximum absolute atomic E-state index is 13.5. The van der Waals surface area contributed by atoms with Crippen molar-refractivity contribution >= 4 is 41.0 Å². The topological polar surface area (TPSA) is 87.0 Å². The molecule has 33 heavy (non-hydrogen) atoms. The normalized spacial score (nSPS) is 15.6. The molecule has 3 aromatic rings. The van der Waals surface area contributed by atoms with E-state index in [1.807, 2.05) is 12.1 Å². The number of rotatable bonds is 4. The van der Waals surface area contributed by atoms with E-state index in [1.165, 1.54) is 29.9 Å². The van der Waals surface area contributed by atoms with E-state index in [0.717, 1.165) is 5.56 Å². The smallest absolute Gasteiger partial charge is 0.338 e. The molecule has 1 unspecified atom stereocenters. The van der Waals surface area contributed by atoms with Crippen LogP contribution in [0.2, 0.25) is 5.02 Å². The van der Waals surface area contributed by atoms with E-state index in [1.54, 1.807) is 49.4 Å². The molecule has 0 saturated heterocycles. The first-order valence-corrected chi connectivity index (χ1v) is 11.1. The van der Waals surface area contributed by atoms with E-state index < -0.39 is 18.0 Å². The minimum Gasteiger partial charge on any atom is -0.466 e. The molecule has 4 rings (SSSR count). The Kier molecular flexibility index (Phi) is 6.31. The highest BCUT2D eigenvalue weighted by molar-refractivity contribution is 7.07. The summed E-state index contributed by atoms with van der Waals surface area (Å²) in [5.41, 5.74) is 1.92. The Hall–Kier alpha value is -3.49. The second kappa shape index (κ2) is 9.17. The van der Waals surface area contributed by atoms with Crippen molar-refractivity contribution < 1.29 is 19.1 Å². The van der Waals surface area contributed by atoms with Gasteiger partial charge in [-0.05, 0) is 48.4 Å². The quantitative estimate of drug-likeness (QED) is 0.421. The van der Waals surface area contributed by atoms with Gasteiger partial charge in [-0.2, -0.15) is 0 Å². The Morgan fingerprint density at radius 3 is 2.39 bits per heavy atom. The molecule has 0 spiro atoms. The van der Waals surface area contributed by atoms with Crippen LogP contribution in [0.5, 0.6) is 5.75 Å². The zero-order chi connectivity index (χ0) is 23.7. The number of thiazole rings is 1. The van der Waals surface area contributed by atoms with E-state index >= 15 is 0 Å². The lowest BCUT2D eigenvalue weighted by atomic mass is 9.96. The number of aromatic nitrogens is 1. The molecular formula is C24H19ClN2O5S. The summed E-state index contributed by atoms with van der Waals surface area (Å²) in [6, 6.07) is 13.0. The third-order valence-electron chi connectivity index (χ3n) is 5.05. The van der Waals surface area contributed by atoms with Crippen LogP contribution in [0, 0.1) is 0 Å². The average Bonchev–Trinajstić information content (AvgIpc) is 3.08. The lowest BCUT2D eigenvalue weighted by Crippen LogP contribution is -2.39. The number of halogens is 1. The fourth-order valence-electron chi connectivity index (χ4n) is 3.60. The van der Waals surface area contributed by atoms with Gasteiger partial charge in [0.1, 0.15) is 5.75 Å². The van der Waals surface area contributed by atoms with Gasteiger partial charge < -0.3 is 9.47 Å². The molecule has 1 aliphatic heterocycles. The average molecular weight is 483 g/mol. The molecule has 2 heterocycles. The van der Waals surface area contributed by atoms with Gasteiger partial charge in [0.15, 0.2) is 4.80 Å². The van der Waals surface area contributed by atoms with Gasteiger partial charge in [0.05, 0.1) is 29.0 Å². The van der Waals surface area contributed by atoms with E-state index in [0.29, 0.717) is 31.4 Å². The van der Waals surface area contributed by atoms with Gasteiger partial charge in [-0.15, -0.1) is 0 Å². The summed E-state index contributed by atoms with van der Waals surface area (Å²) < 4.78 is 12.1. The second-order valence-corrected chi connectivity index (χ2v) is 8.73. The molecule has 0 fully saturated rings. The number of allylic oxidation sites excluding steroid dienone is 1. The fourth-order valence-corrected chi connectivity index (χ4v) is 4.78. The van der Waals surface area contributed by atoms with E-state index in [9.17, 15) is 14.4 Å². The summed E-state index contributed by atoms with van der Waals surface area (Å²) in [6.07, 6.45) is 1.76. The number of nitrogens with zero attached hydrogens (tertiary/aromatic N) is 2. The van der Waals surface area contributed by atoms with Crippen molar-refractivity contribution in [2.24, 2.45) is 4.99 Å². The van der Waals surface area contributed by atoms with Crippen molar-refractivity contribution in [2.75, 3.05) is 7.11 Å². The summed E-state index contributed by atoms with van der Waals surface area (Å²) >= 11 is 7.20. The Bertz CT molecular complexity index is 1450. The van der Waals surface area contributed by atoms with Crippen molar-refractivity contribution in [3.8, 4) is 5.75 Å². The van der Waals surface area contributed by atoms with E-state index in [2.05, 4.69) is 4.99 Å². The van der Waals surface area contributed by atoms with Crippen molar-refractivity contribution in [1.82, 2.24) is 4.57 Å². The van der Waals surface area contributed by atoms with Crippen molar-refractivity contribution in [3.05, 3.63) is 95.6 Å².